The van der Waals surface area contributed by atoms with Crippen LogP contribution in [0.2, 0.25) is 0 Å². The molecular formula is C15H12N2O4. The van der Waals surface area contributed by atoms with Crippen LogP contribution in [0.5, 0.6) is 0 Å². The van der Waals surface area contributed by atoms with E-state index in [4.69, 9.17) is 4.42 Å². The molecule has 0 radical (unpaired) electrons. The van der Waals surface area contributed by atoms with Crippen LogP contribution in [0.4, 0.5) is 0 Å². The molecule has 0 saturated carbocycles. The van der Waals surface area contributed by atoms with E-state index in [0.29, 0.717) is 24.1 Å². The number of benzene rings is 1. The standard InChI is InChI=1S/C15H12N2O4/c1-20-15(19)14-5-11-4-10(2-3-13(11)21-14)6-17-7-12(8-18)16-9-17/h2-5,7-9H,6H2,1H3. The molecule has 0 spiro atoms. The molecule has 3 aromatic rings. The molecule has 0 aliphatic heterocycles. The summed E-state index contributed by atoms with van der Waals surface area (Å²) in [4.78, 5) is 26.0. The first kappa shape index (κ1) is 13.1. The fraction of sp³-hybridized carbons (Fsp3) is 0.133. The number of imidazole rings is 1. The van der Waals surface area contributed by atoms with Crippen LogP contribution in [0.25, 0.3) is 11.0 Å². The van der Waals surface area contributed by atoms with Crippen LogP contribution in [0.3, 0.4) is 0 Å². The normalized spacial score (nSPS) is 10.7. The fourth-order valence-corrected chi connectivity index (χ4v) is 2.13. The van der Waals surface area contributed by atoms with Crippen molar-refractivity contribution in [3.8, 4) is 0 Å². The molecule has 0 unspecified atom stereocenters. The molecule has 0 saturated heterocycles. The van der Waals surface area contributed by atoms with Gasteiger partial charge in [0.25, 0.3) is 0 Å². The number of esters is 1. The molecule has 106 valence electrons. The number of hydrogen-bond donors (Lipinski definition) is 0. The first-order valence-corrected chi connectivity index (χ1v) is 6.27. The van der Waals surface area contributed by atoms with E-state index in [1.54, 1.807) is 24.7 Å². The van der Waals surface area contributed by atoms with E-state index in [2.05, 4.69) is 9.72 Å². The van der Waals surface area contributed by atoms with Gasteiger partial charge in [0.05, 0.1) is 13.4 Å². The highest BCUT2D eigenvalue weighted by Crippen LogP contribution is 2.21. The highest BCUT2D eigenvalue weighted by Gasteiger charge is 2.12. The van der Waals surface area contributed by atoms with Crippen molar-refractivity contribution >= 4 is 23.2 Å². The van der Waals surface area contributed by atoms with Gasteiger partial charge in [-0.2, -0.15) is 0 Å². The zero-order valence-corrected chi connectivity index (χ0v) is 11.3. The third kappa shape index (κ3) is 2.55. The van der Waals surface area contributed by atoms with Crippen LogP contribution in [-0.2, 0) is 11.3 Å². The van der Waals surface area contributed by atoms with Crippen LogP contribution < -0.4 is 0 Å². The smallest absolute Gasteiger partial charge is 0.373 e. The van der Waals surface area contributed by atoms with E-state index >= 15 is 0 Å². The number of fused-ring (bicyclic) bond motifs is 1. The summed E-state index contributed by atoms with van der Waals surface area (Å²) in [5, 5.41) is 0.823. The second kappa shape index (κ2) is 5.24. The monoisotopic (exact) mass is 284 g/mol. The third-order valence-electron chi connectivity index (χ3n) is 3.11. The van der Waals surface area contributed by atoms with Gasteiger partial charge in [0.2, 0.25) is 5.76 Å². The molecule has 6 nitrogen and oxygen atoms in total. The molecule has 1 aromatic carbocycles. The number of hydrogen-bond acceptors (Lipinski definition) is 5. The van der Waals surface area contributed by atoms with E-state index in [-0.39, 0.29) is 5.76 Å². The lowest BCUT2D eigenvalue weighted by Gasteiger charge is -2.01. The summed E-state index contributed by atoms with van der Waals surface area (Å²) < 4.78 is 11.8. The summed E-state index contributed by atoms with van der Waals surface area (Å²) in [5.74, 6) is -0.325. The van der Waals surface area contributed by atoms with Gasteiger partial charge in [-0.25, -0.2) is 9.78 Å². The predicted octanol–water partition coefficient (Wildman–Crippen LogP) is 2.28. The van der Waals surface area contributed by atoms with E-state index in [0.717, 1.165) is 10.9 Å². The lowest BCUT2D eigenvalue weighted by molar-refractivity contribution is 0.0567. The molecule has 0 atom stereocenters. The van der Waals surface area contributed by atoms with Gasteiger partial charge in [-0.15, -0.1) is 0 Å². The number of carbonyl (C=O) groups excluding carboxylic acids is 2. The Kier molecular flexibility index (Phi) is 3.27. The van der Waals surface area contributed by atoms with Crippen molar-refractivity contribution in [2.45, 2.75) is 6.54 Å². The minimum atomic E-state index is -0.502. The molecule has 0 fully saturated rings. The number of aldehydes is 1. The largest absolute Gasteiger partial charge is 0.463 e. The predicted molar refractivity (Wildman–Crippen MR) is 74.3 cm³/mol. The molecule has 2 aromatic heterocycles. The van der Waals surface area contributed by atoms with Gasteiger partial charge >= 0.3 is 5.97 Å². The molecule has 0 N–H and O–H groups in total. The first-order chi connectivity index (χ1) is 10.2. The molecule has 0 amide bonds. The number of furan rings is 1. The molecule has 2 heterocycles. The number of aromatic nitrogens is 2. The SMILES string of the molecule is COC(=O)c1cc2cc(Cn3cnc(C=O)c3)ccc2o1. The Labute approximate surface area is 119 Å². The van der Waals surface area contributed by atoms with Gasteiger partial charge in [0, 0.05) is 18.1 Å². The lowest BCUT2D eigenvalue weighted by Crippen LogP contribution is -1.97. The van der Waals surface area contributed by atoms with E-state index < -0.39 is 5.97 Å². The summed E-state index contributed by atoms with van der Waals surface area (Å²) in [6, 6.07) is 7.27. The third-order valence-corrected chi connectivity index (χ3v) is 3.11. The number of carbonyl (C=O) groups is 2. The van der Waals surface area contributed by atoms with Gasteiger partial charge in [-0.1, -0.05) is 6.07 Å². The van der Waals surface area contributed by atoms with Crippen molar-refractivity contribution in [1.29, 1.82) is 0 Å². The van der Waals surface area contributed by atoms with Crippen molar-refractivity contribution in [3.05, 3.63) is 53.8 Å². The van der Waals surface area contributed by atoms with Gasteiger partial charge in [-0.3, -0.25) is 4.79 Å². The van der Waals surface area contributed by atoms with Crippen molar-refractivity contribution in [3.63, 3.8) is 0 Å². The van der Waals surface area contributed by atoms with Gasteiger partial charge in [0.1, 0.15) is 11.3 Å². The molecule has 0 aliphatic rings. The second-order valence-electron chi connectivity index (χ2n) is 4.56. The zero-order chi connectivity index (χ0) is 14.8. The summed E-state index contributed by atoms with van der Waals surface area (Å²) in [6.07, 6.45) is 3.98. The minimum absolute atomic E-state index is 0.176. The summed E-state index contributed by atoms with van der Waals surface area (Å²) >= 11 is 0. The Morgan fingerprint density at radius 1 is 1.43 bits per heavy atom. The van der Waals surface area contributed by atoms with Crippen LogP contribution in [-0.4, -0.2) is 28.9 Å². The summed E-state index contributed by atoms with van der Waals surface area (Å²) in [7, 11) is 1.31. The van der Waals surface area contributed by atoms with Crippen LogP contribution in [0.1, 0.15) is 26.6 Å². The average molecular weight is 284 g/mol. The van der Waals surface area contributed by atoms with Crippen LogP contribution in [0, 0.1) is 0 Å². The number of methoxy groups -OCH3 is 1. The second-order valence-corrected chi connectivity index (χ2v) is 4.56. The van der Waals surface area contributed by atoms with Crippen molar-refractivity contribution < 1.29 is 18.7 Å². The van der Waals surface area contributed by atoms with Gasteiger partial charge < -0.3 is 13.7 Å². The van der Waals surface area contributed by atoms with Crippen molar-refractivity contribution in [2.24, 2.45) is 0 Å². The number of rotatable bonds is 4. The Balaban J connectivity index is 1.89. The molecule has 0 aliphatic carbocycles. The Morgan fingerprint density at radius 2 is 2.29 bits per heavy atom. The Hall–Kier alpha value is -2.89. The fourth-order valence-electron chi connectivity index (χ4n) is 2.13. The van der Waals surface area contributed by atoms with Crippen molar-refractivity contribution in [1.82, 2.24) is 9.55 Å². The molecule has 0 bridgehead atoms. The topological polar surface area (TPSA) is 74.3 Å². The van der Waals surface area contributed by atoms with Crippen molar-refractivity contribution in [2.75, 3.05) is 7.11 Å². The lowest BCUT2D eigenvalue weighted by atomic mass is 10.1. The maximum absolute atomic E-state index is 11.4. The molecule has 21 heavy (non-hydrogen) atoms. The highest BCUT2D eigenvalue weighted by atomic mass is 16.5. The van der Waals surface area contributed by atoms with Gasteiger partial charge in [0.15, 0.2) is 6.29 Å². The summed E-state index contributed by atoms with van der Waals surface area (Å²) in [5.41, 5.74) is 2.03. The quantitative estimate of drug-likeness (QED) is 0.542. The molecule has 6 heteroatoms. The highest BCUT2D eigenvalue weighted by molar-refractivity contribution is 5.92. The van der Waals surface area contributed by atoms with E-state index in [9.17, 15) is 9.59 Å². The van der Waals surface area contributed by atoms with E-state index in [1.165, 1.54) is 7.11 Å². The van der Waals surface area contributed by atoms with Crippen LogP contribution >= 0.6 is 0 Å². The summed E-state index contributed by atoms with van der Waals surface area (Å²) in [6.45, 7) is 0.579. The average Bonchev–Trinajstić information content (AvgIpc) is 3.12. The van der Waals surface area contributed by atoms with E-state index in [1.807, 2.05) is 16.7 Å². The number of ether oxygens (including phenoxy) is 1. The Morgan fingerprint density at radius 3 is 3.00 bits per heavy atom. The Bertz CT molecular complexity index is 816. The van der Waals surface area contributed by atoms with Gasteiger partial charge in [-0.05, 0) is 23.8 Å². The zero-order valence-electron chi connectivity index (χ0n) is 11.3. The molecular weight excluding hydrogens is 272 g/mol. The number of nitrogens with zero attached hydrogens (tertiary/aromatic N) is 2. The van der Waals surface area contributed by atoms with Crippen LogP contribution in [0.15, 0.2) is 41.2 Å². The first-order valence-electron chi connectivity index (χ1n) is 6.27. The molecule has 3 rings (SSSR count). The maximum Gasteiger partial charge on any atom is 0.373 e. The minimum Gasteiger partial charge on any atom is -0.463 e. The maximum atomic E-state index is 11.4.